The fourth-order valence-electron chi connectivity index (χ4n) is 3.61. The first-order valence-corrected chi connectivity index (χ1v) is 11.7. The molecule has 0 fully saturated rings. The highest BCUT2D eigenvalue weighted by atomic mass is 32.1. The predicted octanol–water partition coefficient (Wildman–Crippen LogP) is 6.54. The SMILES string of the molecule is C=C(Nc1ccccc1N)c1ccc(Nc2ncc(-c3c(C)nc4cccc(C)n34)s2)s1. The van der Waals surface area contributed by atoms with Crippen LogP contribution in [0.4, 0.5) is 21.5 Å². The fraction of sp³-hybridized carbons (Fsp3) is 0.0833. The van der Waals surface area contributed by atoms with Crippen LogP contribution in [0.2, 0.25) is 0 Å². The molecule has 4 N–H and O–H groups in total. The summed E-state index contributed by atoms with van der Waals surface area (Å²) in [6.45, 7) is 8.29. The van der Waals surface area contributed by atoms with Gasteiger partial charge in [-0.25, -0.2) is 9.97 Å². The Hall–Kier alpha value is -3.62. The van der Waals surface area contributed by atoms with Crippen LogP contribution in [-0.4, -0.2) is 14.4 Å². The molecule has 160 valence electrons. The first-order chi connectivity index (χ1) is 15.5. The summed E-state index contributed by atoms with van der Waals surface area (Å²) in [7, 11) is 0. The zero-order chi connectivity index (χ0) is 22.2. The first kappa shape index (κ1) is 20.3. The maximum absolute atomic E-state index is 6.03. The Morgan fingerprint density at radius 1 is 1.03 bits per heavy atom. The third-order valence-corrected chi connectivity index (χ3v) is 7.11. The van der Waals surface area contributed by atoms with Crippen molar-refractivity contribution in [2.24, 2.45) is 0 Å². The molecule has 0 radical (unpaired) electrons. The summed E-state index contributed by atoms with van der Waals surface area (Å²) in [4.78, 5) is 11.4. The van der Waals surface area contributed by atoms with Crippen LogP contribution in [0.15, 0.2) is 67.4 Å². The predicted molar refractivity (Wildman–Crippen MR) is 137 cm³/mol. The molecule has 0 aliphatic rings. The standard InChI is InChI=1S/C24H22N6S2/c1-14-7-6-10-21-28-16(3)23(30(14)21)20-13-26-24(32-20)29-22-12-11-19(31-22)15(2)27-18-9-5-4-8-17(18)25/h4-13,27H,2,25H2,1,3H3,(H,26,29). The molecular weight excluding hydrogens is 436 g/mol. The van der Waals surface area contributed by atoms with Gasteiger partial charge >= 0.3 is 0 Å². The quantitative estimate of drug-likeness (QED) is 0.252. The lowest BCUT2D eigenvalue weighted by Crippen LogP contribution is -1.99. The Labute approximate surface area is 194 Å². The van der Waals surface area contributed by atoms with Gasteiger partial charge in [0.15, 0.2) is 5.13 Å². The molecule has 4 aromatic heterocycles. The maximum atomic E-state index is 6.03. The van der Waals surface area contributed by atoms with Gasteiger partial charge in [0, 0.05) is 17.6 Å². The molecule has 0 unspecified atom stereocenters. The van der Waals surface area contributed by atoms with Gasteiger partial charge in [0.25, 0.3) is 0 Å². The zero-order valence-corrected chi connectivity index (χ0v) is 19.3. The number of rotatable bonds is 6. The molecule has 5 aromatic rings. The number of benzene rings is 1. The van der Waals surface area contributed by atoms with E-state index in [1.165, 1.54) is 0 Å². The molecule has 0 spiro atoms. The minimum atomic E-state index is 0.691. The first-order valence-electron chi connectivity index (χ1n) is 10.1. The van der Waals surface area contributed by atoms with Crippen LogP contribution in [-0.2, 0) is 0 Å². The lowest BCUT2D eigenvalue weighted by Gasteiger charge is -2.10. The molecule has 0 bridgehead atoms. The van der Waals surface area contributed by atoms with Crippen LogP contribution in [0.5, 0.6) is 0 Å². The Kier molecular flexibility index (Phi) is 5.16. The van der Waals surface area contributed by atoms with Gasteiger partial charge in [0.2, 0.25) is 0 Å². The minimum Gasteiger partial charge on any atom is -0.397 e. The number of pyridine rings is 1. The number of thiazole rings is 1. The van der Waals surface area contributed by atoms with E-state index in [0.29, 0.717) is 5.69 Å². The fourth-order valence-corrected chi connectivity index (χ4v) is 5.42. The molecule has 1 aromatic carbocycles. The number of imidazole rings is 1. The van der Waals surface area contributed by atoms with Gasteiger partial charge in [-0.05, 0) is 50.2 Å². The van der Waals surface area contributed by atoms with Crippen molar-refractivity contribution in [2.45, 2.75) is 13.8 Å². The van der Waals surface area contributed by atoms with Gasteiger partial charge in [0.1, 0.15) is 5.65 Å². The van der Waals surface area contributed by atoms with E-state index < -0.39 is 0 Å². The molecule has 6 nitrogen and oxygen atoms in total. The molecular formula is C24H22N6S2. The highest BCUT2D eigenvalue weighted by Gasteiger charge is 2.16. The van der Waals surface area contributed by atoms with E-state index in [-0.39, 0.29) is 0 Å². The number of nitrogens with two attached hydrogens (primary N) is 1. The van der Waals surface area contributed by atoms with Crippen molar-refractivity contribution in [3.05, 3.63) is 83.6 Å². The van der Waals surface area contributed by atoms with E-state index in [1.54, 1.807) is 22.7 Å². The highest BCUT2D eigenvalue weighted by Crippen LogP contribution is 2.36. The second-order valence-corrected chi connectivity index (χ2v) is 9.53. The van der Waals surface area contributed by atoms with Gasteiger partial charge in [-0.1, -0.05) is 36.1 Å². The minimum absolute atomic E-state index is 0.691. The Balaban J connectivity index is 1.35. The monoisotopic (exact) mass is 458 g/mol. The average molecular weight is 459 g/mol. The number of thiophene rings is 1. The van der Waals surface area contributed by atoms with E-state index in [4.69, 9.17) is 10.7 Å². The van der Waals surface area contributed by atoms with Crippen LogP contribution in [0, 0.1) is 13.8 Å². The number of nitrogens with zero attached hydrogens (tertiary/aromatic N) is 3. The van der Waals surface area contributed by atoms with E-state index in [1.807, 2.05) is 61.7 Å². The van der Waals surface area contributed by atoms with Gasteiger partial charge in [0.05, 0.1) is 37.5 Å². The number of nitrogens with one attached hydrogen (secondary N) is 2. The van der Waals surface area contributed by atoms with E-state index >= 15 is 0 Å². The number of hydrogen-bond acceptors (Lipinski definition) is 7. The zero-order valence-electron chi connectivity index (χ0n) is 17.7. The smallest absolute Gasteiger partial charge is 0.188 e. The molecule has 0 saturated heterocycles. The van der Waals surface area contributed by atoms with Crippen molar-refractivity contribution in [2.75, 3.05) is 16.4 Å². The number of hydrogen-bond donors (Lipinski definition) is 3. The number of anilines is 4. The van der Waals surface area contributed by atoms with Gasteiger partial charge in [-0.3, -0.25) is 4.40 Å². The lowest BCUT2D eigenvalue weighted by molar-refractivity contribution is 1.10. The summed E-state index contributed by atoms with van der Waals surface area (Å²) >= 11 is 3.23. The number of nitrogen functional groups attached to an aromatic ring is 1. The van der Waals surface area contributed by atoms with Crippen LogP contribution in [0.3, 0.4) is 0 Å². The van der Waals surface area contributed by atoms with Gasteiger partial charge < -0.3 is 16.4 Å². The van der Waals surface area contributed by atoms with Crippen LogP contribution < -0.4 is 16.4 Å². The van der Waals surface area contributed by atoms with Crippen molar-refractivity contribution in [3.8, 4) is 10.6 Å². The Bertz CT molecular complexity index is 1440. The Morgan fingerprint density at radius 2 is 1.88 bits per heavy atom. The van der Waals surface area contributed by atoms with Crippen molar-refractivity contribution in [1.82, 2.24) is 14.4 Å². The number of aryl methyl sites for hydroxylation is 2. The molecule has 0 saturated carbocycles. The van der Waals surface area contributed by atoms with Crippen molar-refractivity contribution >= 4 is 55.5 Å². The average Bonchev–Trinajstić information content (AvgIpc) is 3.49. The van der Waals surface area contributed by atoms with Gasteiger partial charge in [-0.2, -0.15) is 0 Å². The van der Waals surface area contributed by atoms with Crippen molar-refractivity contribution in [3.63, 3.8) is 0 Å². The normalized spacial score (nSPS) is 11.1. The van der Waals surface area contributed by atoms with E-state index in [2.05, 4.69) is 39.6 Å². The largest absolute Gasteiger partial charge is 0.397 e. The summed E-state index contributed by atoms with van der Waals surface area (Å²) in [6, 6.07) is 17.9. The van der Waals surface area contributed by atoms with Crippen LogP contribution >= 0.6 is 22.7 Å². The molecule has 0 amide bonds. The number of para-hydroxylation sites is 2. The lowest BCUT2D eigenvalue weighted by atomic mass is 10.2. The number of aromatic nitrogens is 3. The molecule has 0 aliphatic carbocycles. The molecule has 0 atom stereocenters. The summed E-state index contributed by atoms with van der Waals surface area (Å²) in [5.41, 5.74) is 12.6. The summed E-state index contributed by atoms with van der Waals surface area (Å²) in [5.74, 6) is 0. The maximum Gasteiger partial charge on any atom is 0.188 e. The topological polar surface area (TPSA) is 80.3 Å². The summed E-state index contributed by atoms with van der Waals surface area (Å²) in [6.07, 6.45) is 1.91. The second kappa shape index (κ2) is 8.14. The summed E-state index contributed by atoms with van der Waals surface area (Å²) in [5, 5.41) is 8.55. The van der Waals surface area contributed by atoms with Gasteiger partial charge in [-0.15, -0.1) is 11.3 Å². The number of fused-ring (bicyclic) bond motifs is 1. The third kappa shape index (κ3) is 3.74. The second-order valence-electron chi connectivity index (χ2n) is 7.42. The van der Waals surface area contributed by atoms with E-state index in [9.17, 15) is 0 Å². The molecule has 4 heterocycles. The molecule has 0 aliphatic heterocycles. The molecule has 32 heavy (non-hydrogen) atoms. The van der Waals surface area contributed by atoms with E-state index in [0.717, 1.165) is 54.0 Å². The van der Waals surface area contributed by atoms with Crippen molar-refractivity contribution in [1.29, 1.82) is 0 Å². The Morgan fingerprint density at radius 3 is 2.72 bits per heavy atom. The highest BCUT2D eigenvalue weighted by molar-refractivity contribution is 7.20. The van der Waals surface area contributed by atoms with Crippen molar-refractivity contribution < 1.29 is 0 Å². The van der Waals surface area contributed by atoms with Crippen LogP contribution in [0.1, 0.15) is 16.3 Å². The summed E-state index contributed by atoms with van der Waals surface area (Å²) < 4.78 is 2.18. The third-order valence-electron chi connectivity index (χ3n) is 5.13. The molecule has 8 heteroatoms. The van der Waals surface area contributed by atoms with Crippen LogP contribution in [0.25, 0.3) is 21.9 Å². The molecule has 5 rings (SSSR count).